The third-order valence-corrected chi connectivity index (χ3v) is 6.63. The predicted molar refractivity (Wildman–Crippen MR) is 141 cm³/mol. The minimum absolute atomic E-state index is 0.0615. The van der Waals surface area contributed by atoms with Gasteiger partial charge in [-0.2, -0.15) is 0 Å². The highest BCUT2D eigenvalue weighted by Gasteiger charge is 2.26. The van der Waals surface area contributed by atoms with E-state index in [1.165, 1.54) is 5.56 Å². The number of benzene rings is 3. The molecule has 0 fully saturated rings. The molecule has 0 saturated heterocycles. The Balaban J connectivity index is 1.52. The van der Waals surface area contributed by atoms with Crippen LogP contribution in [0.5, 0.6) is 0 Å². The van der Waals surface area contributed by atoms with E-state index >= 15 is 0 Å². The van der Waals surface area contributed by atoms with Gasteiger partial charge in [-0.25, -0.2) is 4.68 Å². The first kappa shape index (κ1) is 23.6. The molecular weight excluding hydrogens is 448 g/mol. The molecule has 36 heavy (non-hydrogen) atoms. The van der Waals surface area contributed by atoms with Gasteiger partial charge in [0.25, 0.3) is 5.56 Å². The van der Waals surface area contributed by atoms with E-state index in [-0.39, 0.29) is 11.6 Å². The van der Waals surface area contributed by atoms with Gasteiger partial charge in [-0.3, -0.25) is 9.69 Å². The number of rotatable bonds is 9. The predicted octanol–water partition coefficient (Wildman–Crippen LogP) is 5.02. The second kappa shape index (κ2) is 10.7. The van der Waals surface area contributed by atoms with Crippen LogP contribution in [-0.2, 0) is 19.6 Å². The summed E-state index contributed by atoms with van der Waals surface area (Å²) in [5.74, 6) is 0.797. The van der Waals surface area contributed by atoms with E-state index in [1.54, 1.807) is 0 Å². The summed E-state index contributed by atoms with van der Waals surface area (Å²) in [6.07, 6.45) is 0.798. The molecule has 182 valence electrons. The van der Waals surface area contributed by atoms with Gasteiger partial charge in [-0.15, -0.1) is 5.10 Å². The number of tetrazole rings is 1. The summed E-state index contributed by atoms with van der Waals surface area (Å²) in [4.78, 5) is 18.6. The van der Waals surface area contributed by atoms with Crippen molar-refractivity contribution in [1.29, 1.82) is 0 Å². The highest BCUT2D eigenvalue weighted by Crippen LogP contribution is 2.27. The van der Waals surface area contributed by atoms with Crippen LogP contribution in [0.4, 0.5) is 0 Å². The number of aromatic nitrogens is 5. The van der Waals surface area contributed by atoms with Crippen molar-refractivity contribution in [3.05, 3.63) is 123 Å². The highest BCUT2D eigenvalue weighted by molar-refractivity contribution is 5.81. The molecular formula is C29H30N6O. The minimum Gasteiger partial charge on any atom is -0.321 e. The van der Waals surface area contributed by atoms with Crippen LogP contribution in [0, 0.1) is 6.92 Å². The van der Waals surface area contributed by atoms with Crippen LogP contribution >= 0.6 is 0 Å². The van der Waals surface area contributed by atoms with Crippen molar-refractivity contribution < 1.29 is 0 Å². The topological polar surface area (TPSA) is 79.7 Å². The zero-order chi connectivity index (χ0) is 24.9. The number of H-pyrrole nitrogens is 1. The van der Waals surface area contributed by atoms with E-state index in [0.29, 0.717) is 19.6 Å². The Kier molecular flexibility index (Phi) is 7.00. The third kappa shape index (κ3) is 5.11. The highest BCUT2D eigenvalue weighted by atomic mass is 16.1. The molecule has 0 aliphatic rings. The van der Waals surface area contributed by atoms with Gasteiger partial charge in [0.1, 0.15) is 0 Å². The molecule has 2 heterocycles. The van der Waals surface area contributed by atoms with Crippen LogP contribution in [0.1, 0.15) is 47.5 Å². The van der Waals surface area contributed by atoms with E-state index in [4.69, 9.17) is 0 Å². The van der Waals surface area contributed by atoms with Gasteiger partial charge in [-0.05, 0) is 51.9 Å². The normalized spacial score (nSPS) is 12.3. The number of nitrogens with one attached hydrogen (secondary N) is 1. The second-order valence-corrected chi connectivity index (χ2v) is 9.16. The Bertz CT molecular complexity index is 1490. The Morgan fingerprint density at radius 3 is 2.36 bits per heavy atom. The number of aromatic amines is 1. The summed E-state index contributed by atoms with van der Waals surface area (Å²) in [6, 6.07) is 28.5. The largest absolute Gasteiger partial charge is 0.321 e. The summed E-state index contributed by atoms with van der Waals surface area (Å²) in [5.41, 5.74) is 4.92. The maximum atomic E-state index is 13.2. The molecule has 0 bridgehead atoms. The lowest BCUT2D eigenvalue weighted by atomic mass is 10.1. The Labute approximate surface area is 210 Å². The van der Waals surface area contributed by atoms with Gasteiger partial charge in [0, 0.05) is 18.7 Å². The molecule has 7 nitrogen and oxygen atoms in total. The summed E-state index contributed by atoms with van der Waals surface area (Å²) >= 11 is 0. The molecule has 5 aromatic rings. The van der Waals surface area contributed by atoms with Crippen LogP contribution < -0.4 is 5.56 Å². The number of aryl methyl sites for hydroxylation is 1. The molecule has 0 aliphatic carbocycles. The number of para-hydroxylation sites is 1. The van der Waals surface area contributed by atoms with Gasteiger partial charge < -0.3 is 4.98 Å². The molecule has 0 radical (unpaired) electrons. The molecule has 2 aromatic heterocycles. The molecule has 0 amide bonds. The zero-order valence-electron chi connectivity index (χ0n) is 20.6. The smallest absolute Gasteiger partial charge is 0.252 e. The van der Waals surface area contributed by atoms with Gasteiger partial charge in [0.05, 0.1) is 18.1 Å². The Morgan fingerprint density at radius 1 is 0.917 bits per heavy atom. The lowest BCUT2D eigenvalue weighted by Gasteiger charge is -2.30. The summed E-state index contributed by atoms with van der Waals surface area (Å²) in [6.45, 7) is 5.89. The average Bonchev–Trinajstić information content (AvgIpc) is 3.34. The van der Waals surface area contributed by atoms with Gasteiger partial charge in [0.15, 0.2) is 5.82 Å². The number of pyridine rings is 1. The zero-order valence-corrected chi connectivity index (χ0v) is 20.6. The molecule has 0 aliphatic heterocycles. The Morgan fingerprint density at radius 2 is 1.64 bits per heavy atom. The maximum absolute atomic E-state index is 13.2. The van der Waals surface area contributed by atoms with Crippen molar-refractivity contribution in [3.63, 3.8) is 0 Å². The van der Waals surface area contributed by atoms with Crippen LogP contribution in [0.2, 0.25) is 0 Å². The van der Waals surface area contributed by atoms with Crippen LogP contribution in [0.25, 0.3) is 10.9 Å². The van der Waals surface area contributed by atoms with E-state index in [2.05, 4.69) is 56.6 Å². The molecule has 0 spiro atoms. The number of nitrogens with zero attached hydrogens (tertiary/aromatic N) is 5. The van der Waals surface area contributed by atoms with Gasteiger partial charge >= 0.3 is 0 Å². The molecule has 1 unspecified atom stereocenters. The third-order valence-electron chi connectivity index (χ3n) is 6.63. The minimum atomic E-state index is -0.0727. The first-order valence-corrected chi connectivity index (χ1v) is 12.3. The first-order chi connectivity index (χ1) is 17.6. The van der Waals surface area contributed by atoms with Gasteiger partial charge in [0.2, 0.25) is 0 Å². The van der Waals surface area contributed by atoms with Crippen LogP contribution in [-0.4, -0.2) is 30.1 Å². The second-order valence-electron chi connectivity index (χ2n) is 9.16. The summed E-state index contributed by atoms with van der Waals surface area (Å²) in [7, 11) is 0. The van der Waals surface area contributed by atoms with Gasteiger partial charge in [-0.1, -0.05) is 85.8 Å². The fraction of sp³-hybridized carbons (Fsp3) is 0.241. The maximum Gasteiger partial charge on any atom is 0.252 e. The fourth-order valence-electron chi connectivity index (χ4n) is 4.78. The summed E-state index contributed by atoms with van der Waals surface area (Å²) in [5, 5.41) is 13.8. The van der Waals surface area contributed by atoms with Crippen molar-refractivity contribution in [3.8, 4) is 0 Å². The quantitative estimate of drug-likeness (QED) is 0.322. The van der Waals surface area contributed by atoms with Crippen LogP contribution in [0.15, 0.2) is 89.7 Å². The van der Waals surface area contributed by atoms with E-state index in [1.807, 2.05) is 72.3 Å². The summed E-state index contributed by atoms with van der Waals surface area (Å²) < 4.78 is 1.87. The van der Waals surface area contributed by atoms with Crippen molar-refractivity contribution in [1.82, 2.24) is 30.1 Å². The van der Waals surface area contributed by atoms with Crippen molar-refractivity contribution in [2.75, 3.05) is 0 Å². The number of hydrogen-bond donors (Lipinski definition) is 1. The van der Waals surface area contributed by atoms with Crippen LogP contribution in [0.3, 0.4) is 0 Å². The molecule has 0 saturated carbocycles. The molecule has 1 N–H and O–H groups in total. The van der Waals surface area contributed by atoms with E-state index in [9.17, 15) is 4.79 Å². The van der Waals surface area contributed by atoms with E-state index < -0.39 is 0 Å². The van der Waals surface area contributed by atoms with Crippen molar-refractivity contribution in [2.45, 2.75) is 45.9 Å². The molecule has 5 rings (SSSR count). The lowest BCUT2D eigenvalue weighted by Crippen LogP contribution is -2.32. The standard InChI is InChI=1S/C29H30N6O/c1-3-26(28-31-32-33-35(28)19-23-14-8-5-9-15-23)34(18-22-12-6-4-7-13-22)20-25-17-24-16-10-11-21(2)27(24)30-29(25)36/h4-17,26H,3,18-20H2,1-2H3,(H,30,36). The lowest BCUT2D eigenvalue weighted by molar-refractivity contribution is 0.161. The monoisotopic (exact) mass is 478 g/mol. The van der Waals surface area contributed by atoms with Crippen molar-refractivity contribution in [2.24, 2.45) is 0 Å². The van der Waals surface area contributed by atoms with Crippen molar-refractivity contribution >= 4 is 10.9 Å². The number of fused-ring (bicyclic) bond motifs is 1. The fourth-order valence-corrected chi connectivity index (χ4v) is 4.78. The molecule has 1 atom stereocenters. The molecule has 3 aromatic carbocycles. The van der Waals surface area contributed by atoms with E-state index in [0.717, 1.165) is 39.8 Å². The average molecular weight is 479 g/mol. The molecule has 7 heteroatoms. The number of hydrogen-bond acceptors (Lipinski definition) is 5. The first-order valence-electron chi connectivity index (χ1n) is 12.3. The Hall–Kier alpha value is -4.10. The SMILES string of the molecule is CCC(c1nnnn1Cc1ccccc1)N(Cc1ccccc1)Cc1cc2cccc(C)c2[nH]c1=O.